The molecule has 0 unspecified atom stereocenters. The standard InChI is InChI=1S/C22H23N3O4/c26-21(16-4-2-1-3-5-16)23-17-7-8-18-19(24-29-20(18)14-17)9-6-15-10-12-25(13-11-15)22(27)28/h1-5,7-8,14-15H,6,9-13H2,(H,23,26)(H,27,28). The van der Waals surface area contributed by atoms with Gasteiger partial charge in [0.2, 0.25) is 0 Å². The van der Waals surface area contributed by atoms with Gasteiger partial charge in [-0.15, -0.1) is 0 Å². The van der Waals surface area contributed by atoms with Crippen LogP contribution in [0.3, 0.4) is 0 Å². The first kappa shape index (κ1) is 19.0. The molecule has 7 nitrogen and oxygen atoms in total. The lowest BCUT2D eigenvalue weighted by Gasteiger charge is -2.29. The summed E-state index contributed by atoms with van der Waals surface area (Å²) in [6, 6.07) is 14.6. The Kier molecular flexibility index (Phi) is 5.46. The molecule has 1 fully saturated rings. The van der Waals surface area contributed by atoms with Crippen LogP contribution in [0.2, 0.25) is 0 Å². The SMILES string of the molecule is O=C(Nc1ccc2c(CCC3CCN(C(=O)O)CC3)noc2c1)c1ccccc1. The molecule has 0 atom stereocenters. The Morgan fingerprint density at radius 1 is 1.14 bits per heavy atom. The maximum absolute atomic E-state index is 12.3. The lowest BCUT2D eigenvalue weighted by atomic mass is 9.91. The summed E-state index contributed by atoms with van der Waals surface area (Å²) in [7, 11) is 0. The summed E-state index contributed by atoms with van der Waals surface area (Å²) in [4.78, 5) is 24.8. The molecule has 150 valence electrons. The van der Waals surface area contributed by atoms with E-state index in [2.05, 4.69) is 10.5 Å². The molecule has 2 aromatic carbocycles. The number of carboxylic acid groups (broad SMARTS) is 1. The topological polar surface area (TPSA) is 95.7 Å². The molecule has 0 saturated carbocycles. The van der Waals surface area contributed by atoms with E-state index in [1.165, 1.54) is 4.90 Å². The van der Waals surface area contributed by atoms with Crippen molar-refractivity contribution in [1.29, 1.82) is 0 Å². The Morgan fingerprint density at radius 3 is 2.62 bits per heavy atom. The quantitative estimate of drug-likeness (QED) is 0.670. The highest BCUT2D eigenvalue weighted by atomic mass is 16.5. The highest BCUT2D eigenvalue weighted by molar-refractivity contribution is 6.05. The first-order chi connectivity index (χ1) is 14.1. The number of anilines is 1. The van der Waals surface area contributed by atoms with Gasteiger partial charge in [0.15, 0.2) is 5.58 Å². The van der Waals surface area contributed by atoms with Gasteiger partial charge in [-0.1, -0.05) is 23.4 Å². The molecule has 0 spiro atoms. The van der Waals surface area contributed by atoms with Gasteiger partial charge in [0.25, 0.3) is 5.91 Å². The number of fused-ring (bicyclic) bond motifs is 1. The van der Waals surface area contributed by atoms with E-state index in [1.54, 1.807) is 18.2 Å². The largest absolute Gasteiger partial charge is 0.465 e. The Morgan fingerprint density at radius 2 is 1.90 bits per heavy atom. The normalized spacial score (nSPS) is 14.8. The van der Waals surface area contributed by atoms with E-state index in [4.69, 9.17) is 9.63 Å². The highest BCUT2D eigenvalue weighted by Gasteiger charge is 2.22. The zero-order chi connectivity index (χ0) is 20.2. The summed E-state index contributed by atoms with van der Waals surface area (Å²) in [6.45, 7) is 1.20. The molecule has 1 aromatic heterocycles. The smallest absolute Gasteiger partial charge is 0.407 e. The van der Waals surface area contributed by atoms with Gasteiger partial charge in [0.1, 0.15) is 0 Å². The zero-order valence-electron chi connectivity index (χ0n) is 16.0. The fourth-order valence-corrected chi connectivity index (χ4v) is 3.79. The lowest BCUT2D eigenvalue weighted by molar-refractivity contribution is 0.102. The van der Waals surface area contributed by atoms with Crippen LogP contribution in [0, 0.1) is 5.92 Å². The Labute approximate surface area is 168 Å². The van der Waals surface area contributed by atoms with Crippen molar-refractivity contribution in [1.82, 2.24) is 10.1 Å². The van der Waals surface area contributed by atoms with Crippen LogP contribution < -0.4 is 5.32 Å². The molecule has 2 N–H and O–H groups in total. The molecular formula is C22H23N3O4. The van der Waals surface area contributed by atoms with Crippen molar-refractivity contribution in [2.24, 2.45) is 5.92 Å². The summed E-state index contributed by atoms with van der Waals surface area (Å²) in [5.41, 5.74) is 2.81. The average Bonchev–Trinajstić information content (AvgIpc) is 3.15. The van der Waals surface area contributed by atoms with Crippen LogP contribution in [0.4, 0.5) is 10.5 Å². The van der Waals surface area contributed by atoms with Crippen molar-refractivity contribution >= 4 is 28.7 Å². The van der Waals surface area contributed by atoms with Gasteiger partial charge >= 0.3 is 6.09 Å². The second-order valence-corrected chi connectivity index (χ2v) is 7.41. The second kappa shape index (κ2) is 8.34. The fourth-order valence-electron chi connectivity index (χ4n) is 3.79. The number of amides is 2. The predicted octanol–water partition coefficient (Wildman–Crippen LogP) is 4.40. The van der Waals surface area contributed by atoms with Crippen LogP contribution in [0.15, 0.2) is 53.1 Å². The third kappa shape index (κ3) is 4.39. The van der Waals surface area contributed by atoms with Gasteiger partial charge in [-0.05, 0) is 55.9 Å². The van der Waals surface area contributed by atoms with E-state index in [0.29, 0.717) is 35.8 Å². The molecule has 7 heteroatoms. The van der Waals surface area contributed by atoms with Crippen molar-refractivity contribution in [3.05, 3.63) is 59.8 Å². The second-order valence-electron chi connectivity index (χ2n) is 7.41. The van der Waals surface area contributed by atoms with Crippen LogP contribution in [0.1, 0.15) is 35.3 Å². The maximum Gasteiger partial charge on any atom is 0.407 e. The molecular weight excluding hydrogens is 370 g/mol. The minimum atomic E-state index is -0.832. The van der Waals surface area contributed by atoms with Gasteiger partial charge in [-0.2, -0.15) is 0 Å². The van der Waals surface area contributed by atoms with E-state index in [9.17, 15) is 9.59 Å². The number of likely N-dealkylation sites (tertiary alicyclic amines) is 1. The lowest BCUT2D eigenvalue weighted by Crippen LogP contribution is -2.37. The number of hydrogen-bond donors (Lipinski definition) is 2. The van der Waals surface area contributed by atoms with Crippen LogP contribution in [-0.4, -0.2) is 40.3 Å². The van der Waals surface area contributed by atoms with Gasteiger partial charge < -0.3 is 19.8 Å². The van der Waals surface area contributed by atoms with Crippen LogP contribution in [-0.2, 0) is 6.42 Å². The van der Waals surface area contributed by atoms with Crippen molar-refractivity contribution in [2.45, 2.75) is 25.7 Å². The van der Waals surface area contributed by atoms with Crippen LogP contribution in [0.5, 0.6) is 0 Å². The monoisotopic (exact) mass is 393 g/mol. The molecule has 2 heterocycles. The number of aromatic nitrogens is 1. The maximum atomic E-state index is 12.3. The Hall–Kier alpha value is -3.35. The predicted molar refractivity (Wildman–Crippen MR) is 109 cm³/mol. The molecule has 0 aliphatic carbocycles. The Balaban J connectivity index is 1.37. The van der Waals surface area contributed by atoms with Crippen molar-refractivity contribution in [2.75, 3.05) is 18.4 Å². The molecule has 1 saturated heterocycles. The zero-order valence-corrected chi connectivity index (χ0v) is 16.0. The van der Waals surface area contributed by atoms with Crippen LogP contribution in [0.25, 0.3) is 11.0 Å². The molecule has 0 bridgehead atoms. The summed E-state index contributed by atoms with van der Waals surface area (Å²) in [6.07, 6.45) is 2.69. The molecule has 0 radical (unpaired) electrons. The first-order valence-electron chi connectivity index (χ1n) is 9.83. The number of carbonyl (C=O) groups excluding carboxylic acids is 1. The van der Waals surface area contributed by atoms with Crippen LogP contribution >= 0.6 is 0 Å². The summed E-state index contributed by atoms with van der Waals surface area (Å²) >= 11 is 0. The number of benzene rings is 2. The van der Waals surface area contributed by atoms with Crippen molar-refractivity contribution < 1.29 is 19.2 Å². The number of hydrogen-bond acceptors (Lipinski definition) is 4. The molecule has 29 heavy (non-hydrogen) atoms. The third-order valence-corrected chi connectivity index (χ3v) is 5.51. The number of rotatable bonds is 5. The first-order valence-corrected chi connectivity index (χ1v) is 9.83. The number of nitrogens with zero attached hydrogens (tertiary/aromatic N) is 2. The minimum Gasteiger partial charge on any atom is -0.465 e. The minimum absolute atomic E-state index is 0.169. The van der Waals surface area contributed by atoms with Gasteiger partial charge in [0.05, 0.1) is 5.69 Å². The summed E-state index contributed by atoms with van der Waals surface area (Å²) in [5.74, 6) is 0.333. The number of nitrogens with one attached hydrogen (secondary N) is 1. The third-order valence-electron chi connectivity index (χ3n) is 5.51. The summed E-state index contributed by atoms with van der Waals surface area (Å²) < 4.78 is 5.48. The molecule has 4 rings (SSSR count). The Bertz CT molecular complexity index is 1010. The average molecular weight is 393 g/mol. The van der Waals surface area contributed by atoms with E-state index in [1.807, 2.05) is 30.3 Å². The molecule has 3 aromatic rings. The molecule has 2 amide bonds. The molecule has 1 aliphatic heterocycles. The highest BCUT2D eigenvalue weighted by Crippen LogP contribution is 2.27. The van der Waals surface area contributed by atoms with Gasteiger partial charge in [0, 0.05) is 35.8 Å². The van der Waals surface area contributed by atoms with E-state index < -0.39 is 6.09 Å². The van der Waals surface area contributed by atoms with E-state index in [0.717, 1.165) is 36.8 Å². The summed E-state index contributed by atoms with van der Waals surface area (Å²) in [5, 5.41) is 17.1. The fraction of sp³-hybridized carbons (Fsp3) is 0.318. The van der Waals surface area contributed by atoms with Gasteiger partial charge in [-0.25, -0.2) is 4.79 Å². The number of aryl methyl sites for hydroxylation is 1. The van der Waals surface area contributed by atoms with Crippen molar-refractivity contribution in [3.63, 3.8) is 0 Å². The van der Waals surface area contributed by atoms with E-state index >= 15 is 0 Å². The van der Waals surface area contributed by atoms with Crippen molar-refractivity contribution in [3.8, 4) is 0 Å². The van der Waals surface area contributed by atoms with E-state index in [-0.39, 0.29) is 5.91 Å². The van der Waals surface area contributed by atoms with Gasteiger partial charge in [-0.3, -0.25) is 4.79 Å². The number of carbonyl (C=O) groups is 2. The molecule has 1 aliphatic rings. The number of piperidine rings is 1.